The molecule has 0 saturated heterocycles. The summed E-state index contributed by atoms with van der Waals surface area (Å²) < 4.78 is 0. The van der Waals surface area contributed by atoms with E-state index in [-0.39, 0.29) is 29.4 Å². The van der Waals surface area contributed by atoms with Crippen LogP contribution in [0, 0.1) is 0 Å². The number of thiophene rings is 1. The van der Waals surface area contributed by atoms with E-state index >= 15 is 0 Å². The molecule has 98 valence electrons. The molecule has 0 bridgehead atoms. The average Bonchev–Trinajstić information content (AvgIpc) is 2.78. The van der Waals surface area contributed by atoms with Crippen LogP contribution in [0.3, 0.4) is 0 Å². The van der Waals surface area contributed by atoms with Gasteiger partial charge in [0, 0.05) is 30.4 Å². The quantitative estimate of drug-likeness (QED) is 0.488. The van der Waals surface area contributed by atoms with E-state index in [1.165, 1.54) is 4.88 Å². The van der Waals surface area contributed by atoms with E-state index in [1.54, 1.807) is 18.4 Å². The maximum absolute atomic E-state index is 4.16. The van der Waals surface area contributed by atoms with Gasteiger partial charge in [-0.3, -0.25) is 4.99 Å². The topological polar surface area (TPSA) is 36.4 Å². The second-order valence-electron chi connectivity index (χ2n) is 4.32. The van der Waals surface area contributed by atoms with Crippen LogP contribution >= 0.6 is 35.3 Å². The van der Waals surface area contributed by atoms with Crippen molar-refractivity contribution in [2.45, 2.75) is 26.2 Å². The van der Waals surface area contributed by atoms with Gasteiger partial charge in [0.15, 0.2) is 5.96 Å². The van der Waals surface area contributed by atoms with Gasteiger partial charge in [-0.05, 0) is 18.4 Å². The normalized spacial score (nSPS) is 11.9. The monoisotopic (exact) mass is 367 g/mol. The maximum Gasteiger partial charge on any atom is 0.190 e. The summed E-state index contributed by atoms with van der Waals surface area (Å²) in [6, 6.07) is 4.28. The third-order valence-corrected chi connectivity index (χ3v) is 3.69. The highest BCUT2D eigenvalue weighted by atomic mass is 127. The SMILES string of the molecule is CCNC(=NC)NCC(C)(C)c1cccs1.I. The van der Waals surface area contributed by atoms with Crippen LogP contribution in [-0.4, -0.2) is 26.1 Å². The minimum absolute atomic E-state index is 0. The van der Waals surface area contributed by atoms with Gasteiger partial charge in [-0.15, -0.1) is 35.3 Å². The minimum atomic E-state index is 0. The van der Waals surface area contributed by atoms with Gasteiger partial charge in [-0.2, -0.15) is 0 Å². The Morgan fingerprint density at radius 3 is 2.59 bits per heavy atom. The molecule has 0 atom stereocenters. The van der Waals surface area contributed by atoms with E-state index < -0.39 is 0 Å². The lowest BCUT2D eigenvalue weighted by molar-refractivity contribution is 0.519. The third kappa shape index (κ3) is 5.25. The highest BCUT2D eigenvalue weighted by Gasteiger charge is 2.21. The third-order valence-electron chi connectivity index (χ3n) is 2.45. The van der Waals surface area contributed by atoms with Crippen LogP contribution in [0.15, 0.2) is 22.5 Å². The number of rotatable bonds is 4. The van der Waals surface area contributed by atoms with E-state index in [1.807, 2.05) is 0 Å². The highest BCUT2D eigenvalue weighted by Crippen LogP contribution is 2.26. The van der Waals surface area contributed by atoms with Crippen LogP contribution in [0.1, 0.15) is 25.6 Å². The zero-order chi connectivity index (χ0) is 12.0. The summed E-state index contributed by atoms with van der Waals surface area (Å²) in [4.78, 5) is 5.56. The average molecular weight is 367 g/mol. The van der Waals surface area contributed by atoms with Gasteiger partial charge in [-0.25, -0.2) is 0 Å². The summed E-state index contributed by atoms with van der Waals surface area (Å²) in [6.07, 6.45) is 0. The molecule has 1 heterocycles. The van der Waals surface area contributed by atoms with Gasteiger partial charge in [-0.1, -0.05) is 19.9 Å². The molecule has 17 heavy (non-hydrogen) atoms. The molecule has 5 heteroatoms. The Labute approximate surface area is 125 Å². The molecule has 2 N–H and O–H groups in total. The Morgan fingerprint density at radius 2 is 2.12 bits per heavy atom. The number of nitrogens with one attached hydrogen (secondary N) is 2. The first-order valence-electron chi connectivity index (χ1n) is 5.58. The van der Waals surface area contributed by atoms with Crippen molar-refractivity contribution < 1.29 is 0 Å². The lowest BCUT2D eigenvalue weighted by Crippen LogP contribution is -2.43. The summed E-state index contributed by atoms with van der Waals surface area (Å²) >= 11 is 1.80. The molecular weight excluding hydrogens is 345 g/mol. The first-order chi connectivity index (χ1) is 7.60. The second-order valence-corrected chi connectivity index (χ2v) is 5.26. The highest BCUT2D eigenvalue weighted by molar-refractivity contribution is 14.0. The molecule has 0 unspecified atom stereocenters. The number of aliphatic imine (C=N–C) groups is 1. The predicted molar refractivity (Wildman–Crippen MR) is 87.8 cm³/mol. The van der Waals surface area contributed by atoms with Crippen LogP contribution in [-0.2, 0) is 5.41 Å². The minimum Gasteiger partial charge on any atom is -0.357 e. The molecule has 0 amide bonds. The van der Waals surface area contributed by atoms with Crippen LogP contribution in [0.4, 0.5) is 0 Å². The van der Waals surface area contributed by atoms with Crippen molar-refractivity contribution in [2.24, 2.45) is 4.99 Å². The van der Waals surface area contributed by atoms with Gasteiger partial charge in [0.2, 0.25) is 0 Å². The zero-order valence-electron chi connectivity index (χ0n) is 10.9. The maximum atomic E-state index is 4.16. The van der Waals surface area contributed by atoms with Crippen LogP contribution in [0.2, 0.25) is 0 Å². The summed E-state index contributed by atoms with van der Waals surface area (Å²) in [5.41, 5.74) is 0.138. The molecule has 0 saturated carbocycles. The molecule has 0 aromatic carbocycles. The lowest BCUT2D eigenvalue weighted by Gasteiger charge is -2.24. The van der Waals surface area contributed by atoms with Crippen molar-refractivity contribution in [3.63, 3.8) is 0 Å². The molecule has 0 radical (unpaired) electrons. The molecule has 1 aromatic heterocycles. The molecule has 0 aliphatic carbocycles. The lowest BCUT2D eigenvalue weighted by atomic mass is 9.91. The summed E-state index contributed by atoms with van der Waals surface area (Å²) in [5.74, 6) is 0.868. The fraction of sp³-hybridized carbons (Fsp3) is 0.583. The van der Waals surface area contributed by atoms with Crippen molar-refractivity contribution in [3.05, 3.63) is 22.4 Å². The number of nitrogens with zero attached hydrogens (tertiary/aromatic N) is 1. The molecule has 0 aliphatic heterocycles. The van der Waals surface area contributed by atoms with E-state index in [0.717, 1.165) is 19.0 Å². The van der Waals surface area contributed by atoms with E-state index in [4.69, 9.17) is 0 Å². The van der Waals surface area contributed by atoms with Crippen molar-refractivity contribution in [1.29, 1.82) is 0 Å². The Morgan fingerprint density at radius 1 is 1.41 bits per heavy atom. The molecule has 0 spiro atoms. The Hall–Kier alpha value is -0.300. The Balaban J connectivity index is 0.00000256. The summed E-state index contributed by atoms with van der Waals surface area (Å²) in [7, 11) is 1.79. The van der Waals surface area contributed by atoms with Gasteiger partial charge in [0.25, 0.3) is 0 Å². The number of guanidine groups is 1. The standard InChI is InChI=1S/C12H21N3S.HI/c1-5-14-11(13-4)15-9-12(2,3)10-7-6-8-16-10;/h6-8H,5,9H2,1-4H3,(H2,13,14,15);1H. The fourth-order valence-corrected chi connectivity index (χ4v) is 2.30. The molecule has 3 nitrogen and oxygen atoms in total. The first kappa shape index (κ1) is 16.7. The molecule has 0 fully saturated rings. The molecule has 0 aliphatic rings. The Bertz CT molecular complexity index is 334. The zero-order valence-corrected chi connectivity index (χ0v) is 14.1. The molecular formula is C12H22IN3S. The smallest absolute Gasteiger partial charge is 0.190 e. The van der Waals surface area contributed by atoms with Crippen molar-refractivity contribution >= 4 is 41.3 Å². The number of hydrogen-bond acceptors (Lipinski definition) is 2. The number of halogens is 1. The summed E-state index contributed by atoms with van der Waals surface area (Å²) in [5, 5.41) is 8.66. The predicted octanol–water partition coefficient (Wildman–Crippen LogP) is 2.83. The second kappa shape index (κ2) is 7.92. The molecule has 1 aromatic rings. The van der Waals surface area contributed by atoms with Crippen molar-refractivity contribution in [2.75, 3.05) is 20.1 Å². The van der Waals surface area contributed by atoms with Gasteiger partial charge < -0.3 is 10.6 Å². The van der Waals surface area contributed by atoms with Crippen LogP contribution in [0.5, 0.6) is 0 Å². The summed E-state index contributed by atoms with van der Waals surface area (Å²) in [6.45, 7) is 8.32. The Kier molecular flexibility index (Phi) is 7.78. The van der Waals surface area contributed by atoms with E-state index in [0.29, 0.717) is 0 Å². The van der Waals surface area contributed by atoms with Gasteiger partial charge in [0.1, 0.15) is 0 Å². The van der Waals surface area contributed by atoms with Crippen molar-refractivity contribution in [1.82, 2.24) is 10.6 Å². The van der Waals surface area contributed by atoms with E-state index in [9.17, 15) is 0 Å². The fourth-order valence-electron chi connectivity index (χ4n) is 1.44. The van der Waals surface area contributed by atoms with Crippen LogP contribution in [0.25, 0.3) is 0 Å². The first-order valence-corrected chi connectivity index (χ1v) is 6.46. The van der Waals surface area contributed by atoms with Gasteiger partial charge >= 0.3 is 0 Å². The van der Waals surface area contributed by atoms with Crippen LogP contribution < -0.4 is 10.6 Å². The van der Waals surface area contributed by atoms with Gasteiger partial charge in [0.05, 0.1) is 0 Å². The van der Waals surface area contributed by atoms with E-state index in [2.05, 4.69) is 53.9 Å². The number of hydrogen-bond donors (Lipinski definition) is 2. The largest absolute Gasteiger partial charge is 0.357 e. The molecule has 1 rings (SSSR count). The van der Waals surface area contributed by atoms with Crippen molar-refractivity contribution in [3.8, 4) is 0 Å².